The molecule has 1 aliphatic carbocycles. The predicted molar refractivity (Wildman–Crippen MR) is 170 cm³/mol. The van der Waals surface area contributed by atoms with E-state index in [4.69, 9.17) is 5.73 Å². The van der Waals surface area contributed by atoms with Crippen molar-refractivity contribution >= 4 is 29.6 Å². The van der Waals surface area contributed by atoms with Crippen molar-refractivity contribution in [2.75, 3.05) is 17.2 Å². The van der Waals surface area contributed by atoms with Crippen LogP contribution < -0.4 is 21.7 Å². The molecule has 1 heterocycles. The number of nitrogens with zero attached hydrogens (tertiary/aromatic N) is 1. The minimum atomic E-state index is -4.44. The summed E-state index contributed by atoms with van der Waals surface area (Å²) in [5.74, 6) is 0.295. The third-order valence-corrected chi connectivity index (χ3v) is 6.73. The van der Waals surface area contributed by atoms with E-state index in [1.807, 2.05) is 37.3 Å². The quantitative estimate of drug-likeness (QED) is 0.0953. The molecular formula is C34H37F4N5O. The fraction of sp³-hybridized carbons (Fsp3) is 0.235. The smallest absolute Gasteiger partial charge is 0.399 e. The number of aromatic nitrogens is 1. The zero-order chi connectivity index (χ0) is 32.3. The lowest BCUT2D eigenvalue weighted by atomic mass is 9.98. The third-order valence-electron chi connectivity index (χ3n) is 6.73. The molecule has 5 N–H and O–H groups in total. The molecule has 1 saturated carbocycles. The fourth-order valence-corrected chi connectivity index (χ4v) is 4.33. The number of anilines is 2. The number of halogens is 4. The van der Waals surface area contributed by atoms with Gasteiger partial charge in [-0.15, -0.1) is 0 Å². The van der Waals surface area contributed by atoms with Crippen LogP contribution in [0.4, 0.5) is 28.9 Å². The highest BCUT2D eigenvalue weighted by atomic mass is 19.4. The Bertz CT molecular complexity index is 1510. The number of allylic oxidation sites excluding steroid dienone is 4. The van der Waals surface area contributed by atoms with Crippen LogP contribution in [0.5, 0.6) is 0 Å². The molecule has 0 bridgehead atoms. The van der Waals surface area contributed by atoms with Crippen LogP contribution in [0.2, 0.25) is 0 Å². The average Bonchev–Trinajstić information content (AvgIpc) is 3.81. The number of hydrogen-bond donors (Lipinski definition) is 4. The van der Waals surface area contributed by atoms with Crippen LogP contribution in [0.25, 0.3) is 11.8 Å². The molecule has 44 heavy (non-hydrogen) atoms. The summed E-state index contributed by atoms with van der Waals surface area (Å²) >= 11 is 0. The first-order valence-corrected chi connectivity index (χ1v) is 14.0. The van der Waals surface area contributed by atoms with Gasteiger partial charge in [0.25, 0.3) is 0 Å². The number of benzene rings is 2. The Morgan fingerprint density at radius 3 is 2.39 bits per heavy atom. The minimum absolute atomic E-state index is 0.0450. The van der Waals surface area contributed by atoms with Crippen molar-refractivity contribution in [1.82, 2.24) is 10.3 Å². The van der Waals surface area contributed by atoms with Gasteiger partial charge >= 0.3 is 6.18 Å². The number of nitrogens with two attached hydrogens (primary N) is 1. The molecule has 1 unspecified atom stereocenters. The Kier molecular flexibility index (Phi) is 12.0. The van der Waals surface area contributed by atoms with Crippen molar-refractivity contribution in [3.8, 4) is 0 Å². The van der Waals surface area contributed by atoms with Gasteiger partial charge in [0, 0.05) is 35.0 Å². The summed E-state index contributed by atoms with van der Waals surface area (Å²) in [6, 6.07) is 14.0. The molecule has 0 aliphatic heterocycles. The highest BCUT2D eigenvalue weighted by Crippen LogP contribution is 2.31. The van der Waals surface area contributed by atoms with Gasteiger partial charge in [-0.25, -0.2) is 4.39 Å². The van der Waals surface area contributed by atoms with Crippen LogP contribution >= 0.6 is 0 Å². The second kappa shape index (κ2) is 15.7. The van der Waals surface area contributed by atoms with Crippen LogP contribution in [0.3, 0.4) is 0 Å². The topological polar surface area (TPSA) is 92.1 Å². The van der Waals surface area contributed by atoms with E-state index in [-0.39, 0.29) is 11.7 Å². The highest BCUT2D eigenvalue weighted by molar-refractivity contribution is 5.75. The fourth-order valence-electron chi connectivity index (χ4n) is 4.33. The maximum Gasteiger partial charge on any atom is 0.415 e. The predicted octanol–water partition coefficient (Wildman–Crippen LogP) is 7.96. The lowest BCUT2D eigenvalue weighted by Gasteiger charge is -2.20. The first-order valence-electron chi connectivity index (χ1n) is 14.0. The van der Waals surface area contributed by atoms with Crippen molar-refractivity contribution in [1.29, 1.82) is 0 Å². The van der Waals surface area contributed by atoms with Gasteiger partial charge in [0.15, 0.2) is 0 Å². The Morgan fingerprint density at radius 2 is 1.80 bits per heavy atom. The molecule has 0 saturated heterocycles. The lowest BCUT2D eigenvalue weighted by molar-refractivity contribution is -0.105. The molecule has 0 radical (unpaired) electrons. The van der Waals surface area contributed by atoms with E-state index in [1.165, 1.54) is 25.8 Å². The Morgan fingerprint density at radius 1 is 1.09 bits per heavy atom. The summed E-state index contributed by atoms with van der Waals surface area (Å²) < 4.78 is 51.0. The Balaban J connectivity index is 0.000000240. The van der Waals surface area contributed by atoms with Crippen molar-refractivity contribution in [3.63, 3.8) is 0 Å². The molecule has 1 amide bonds. The molecule has 232 valence electrons. The summed E-state index contributed by atoms with van der Waals surface area (Å²) in [6.07, 6.45) is 6.77. The van der Waals surface area contributed by atoms with Crippen LogP contribution in [0.15, 0.2) is 97.5 Å². The maximum atomic E-state index is 13.7. The summed E-state index contributed by atoms with van der Waals surface area (Å²) in [5.41, 5.74) is 9.97. The second-order valence-electron chi connectivity index (χ2n) is 10.4. The van der Waals surface area contributed by atoms with E-state index in [0.717, 1.165) is 40.8 Å². The lowest BCUT2D eigenvalue weighted by Crippen LogP contribution is -2.24. The van der Waals surface area contributed by atoms with Crippen molar-refractivity contribution in [2.45, 2.75) is 38.9 Å². The van der Waals surface area contributed by atoms with Crippen LogP contribution in [0, 0.1) is 11.7 Å². The Hall–Kier alpha value is -4.70. The van der Waals surface area contributed by atoms with Gasteiger partial charge in [0.1, 0.15) is 5.82 Å². The molecule has 3 aromatic rings. The molecule has 1 fully saturated rings. The molecule has 1 aliphatic rings. The van der Waals surface area contributed by atoms with E-state index in [9.17, 15) is 22.4 Å². The zero-order valence-electron chi connectivity index (χ0n) is 24.7. The molecule has 4 rings (SSSR count). The average molecular weight is 608 g/mol. The highest BCUT2D eigenvalue weighted by Gasteiger charge is 2.30. The number of amides is 1. The maximum absolute atomic E-state index is 13.7. The molecule has 0 spiro atoms. The van der Waals surface area contributed by atoms with Crippen molar-refractivity contribution in [3.05, 3.63) is 126 Å². The van der Waals surface area contributed by atoms with Crippen LogP contribution in [-0.2, 0) is 4.79 Å². The van der Waals surface area contributed by atoms with Crippen molar-refractivity contribution < 1.29 is 22.4 Å². The van der Waals surface area contributed by atoms with Gasteiger partial charge in [-0.2, -0.15) is 13.2 Å². The number of pyridine rings is 1. The molecule has 6 nitrogen and oxygen atoms in total. The molecular weight excluding hydrogens is 570 g/mol. The van der Waals surface area contributed by atoms with Gasteiger partial charge in [-0.1, -0.05) is 37.4 Å². The van der Waals surface area contributed by atoms with Crippen LogP contribution in [-0.4, -0.2) is 24.1 Å². The second-order valence-corrected chi connectivity index (χ2v) is 10.4. The standard InChI is InChI=1S/C17H19F3N2.C17H18FN3O/c1-5-6-14-7-8-15(10-16(14)13(4)21)22-12(3)9-11(2)17(18,19)20;18-15-4-3-14(9-16(15)21-11-22)17(20-10-12-1-2-12)13-5-7-19-8-6-13/h5-10,22H,2,4,21H2,1,3H3;3-9,11-12,17,20H,1-2,10H2,(H,21,22)/b6-5-,12-9-;. The van der Waals surface area contributed by atoms with Gasteiger partial charge < -0.3 is 21.7 Å². The van der Waals surface area contributed by atoms with Gasteiger partial charge in [0.2, 0.25) is 6.41 Å². The minimum Gasteiger partial charge on any atom is -0.399 e. The number of rotatable bonds is 12. The summed E-state index contributed by atoms with van der Waals surface area (Å²) in [5, 5.41) is 8.83. The number of nitrogens with one attached hydrogen (secondary N) is 3. The summed E-state index contributed by atoms with van der Waals surface area (Å²) in [7, 11) is 0. The van der Waals surface area contributed by atoms with E-state index >= 15 is 0 Å². The SMILES string of the molecule is C=C(N)c1cc(N/C(C)=C\C(=C)C(F)(F)F)ccc1/C=C\C.O=CNc1cc(C(NCC2CC2)c2ccncc2)ccc1F. The van der Waals surface area contributed by atoms with Gasteiger partial charge in [0.05, 0.1) is 17.3 Å². The molecule has 1 atom stereocenters. The molecule has 10 heteroatoms. The van der Waals surface area contributed by atoms with E-state index in [0.29, 0.717) is 23.5 Å². The summed E-state index contributed by atoms with van der Waals surface area (Å²) in [4.78, 5) is 14.6. The van der Waals surface area contributed by atoms with Crippen molar-refractivity contribution in [2.24, 2.45) is 11.7 Å². The van der Waals surface area contributed by atoms with E-state index < -0.39 is 17.6 Å². The zero-order valence-corrected chi connectivity index (χ0v) is 24.7. The number of alkyl halides is 3. The molecule has 1 aromatic heterocycles. The Labute approximate surface area is 255 Å². The van der Waals surface area contributed by atoms with E-state index in [1.54, 1.807) is 36.7 Å². The number of carbonyl (C=O) groups excluding carboxylic acids is 1. The first kappa shape index (κ1) is 33.8. The largest absolute Gasteiger partial charge is 0.415 e. The normalized spacial score (nSPS) is 13.9. The molecule has 2 aromatic carbocycles. The van der Waals surface area contributed by atoms with E-state index in [2.05, 4.69) is 34.1 Å². The first-order chi connectivity index (χ1) is 20.9. The van der Waals surface area contributed by atoms with Crippen LogP contribution in [0.1, 0.15) is 55.0 Å². The number of hydrogen-bond acceptors (Lipinski definition) is 5. The third kappa shape index (κ3) is 10.2. The van der Waals surface area contributed by atoms with Gasteiger partial charge in [-0.05, 0) is 98.3 Å². The summed E-state index contributed by atoms with van der Waals surface area (Å²) in [6.45, 7) is 11.1. The van der Waals surface area contributed by atoms with Gasteiger partial charge in [-0.3, -0.25) is 9.78 Å². The number of carbonyl (C=O) groups is 1. The monoisotopic (exact) mass is 607 g/mol.